The molecule has 1 fully saturated rings. The van der Waals surface area contributed by atoms with Crippen molar-refractivity contribution in [1.82, 2.24) is 0 Å². The number of hydrogen-bond acceptors (Lipinski definition) is 4. The molecule has 0 bridgehead atoms. The molecule has 4 N–H and O–H groups in total. The van der Waals surface area contributed by atoms with Gasteiger partial charge in [0, 0.05) is 17.2 Å². The Morgan fingerprint density at radius 1 is 1.37 bits per heavy atom. The zero-order valence-corrected chi connectivity index (χ0v) is 9.87. The van der Waals surface area contributed by atoms with Gasteiger partial charge in [-0.25, -0.2) is 18.2 Å². The molecule has 102 valence electrons. The normalized spacial score (nSPS) is 32.3. The van der Waals surface area contributed by atoms with E-state index in [1.54, 1.807) is 0 Å². The van der Waals surface area contributed by atoms with E-state index >= 15 is 0 Å². The third-order valence-electron chi connectivity index (χ3n) is 3.65. The molecule has 1 unspecified atom stereocenters. The Balaban J connectivity index is 2.20. The number of alkyl halides is 1. The Bertz CT molecular complexity index is 578. The van der Waals surface area contributed by atoms with Crippen LogP contribution < -0.4 is 11.5 Å². The van der Waals surface area contributed by atoms with Crippen molar-refractivity contribution >= 4 is 11.7 Å². The average Bonchev–Trinajstić information content (AvgIpc) is 3.12. The highest BCUT2D eigenvalue weighted by Gasteiger charge is 2.60. The second kappa shape index (κ2) is 3.79. The topological polar surface area (TPSA) is 73.6 Å². The summed E-state index contributed by atoms with van der Waals surface area (Å²) < 4.78 is 46.1. The van der Waals surface area contributed by atoms with Crippen LogP contribution >= 0.6 is 0 Å². The molecule has 1 aliphatic heterocycles. The fourth-order valence-corrected chi connectivity index (χ4v) is 2.65. The molecule has 3 atom stereocenters. The molecule has 2 aliphatic rings. The number of ether oxygens (including phenoxy) is 1. The summed E-state index contributed by atoms with van der Waals surface area (Å²) in [5, 5.41) is 0. The maximum Gasteiger partial charge on any atom is 0.283 e. The number of nitrogens with two attached hydrogens (primary N) is 2. The van der Waals surface area contributed by atoms with Gasteiger partial charge >= 0.3 is 0 Å². The summed E-state index contributed by atoms with van der Waals surface area (Å²) in [6.07, 6.45) is 0.210. The van der Waals surface area contributed by atoms with E-state index < -0.39 is 23.8 Å². The van der Waals surface area contributed by atoms with Gasteiger partial charge < -0.3 is 16.2 Å². The smallest absolute Gasteiger partial charge is 0.283 e. The predicted octanol–water partition coefficient (Wildman–Crippen LogP) is 1.45. The van der Waals surface area contributed by atoms with Crippen molar-refractivity contribution in [3.8, 4) is 0 Å². The van der Waals surface area contributed by atoms with Crippen LogP contribution in [-0.4, -0.2) is 18.8 Å². The molecule has 0 radical (unpaired) electrons. The standard InChI is InChI=1S/C12H12F3N3O/c13-4-12(6-3-9(6)19-11(17)18-12)7-1-5(16)2-8(14)10(7)15/h1-2,6,9H,3-4,16H2,(H2,17,18)/t6-,9?,12-/m0/s1. The van der Waals surface area contributed by atoms with Crippen LogP contribution in [0.3, 0.4) is 0 Å². The van der Waals surface area contributed by atoms with Crippen LogP contribution in [0, 0.1) is 17.6 Å². The van der Waals surface area contributed by atoms with Gasteiger partial charge in [-0.05, 0) is 18.6 Å². The van der Waals surface area contributed by atoms with Crippen molar-refractivity contribution in [1.29, 1.82) is 0 Å². The minimum absolute atomic E-state index is 0.0131. The monoisotopic (exact) mass is 271 g/mol. The third kappa shape index (κ3) is 1.64. The fraction of sp³-hybridized carbons (Fsp3) is 0.417. The Morgan fingerprint density at radius 3 is 2.79 bits per heavy atom. The first kappa shape index (κ1) is 12.1. The van der Waals surface area contributed by atoms with E-state index in [4.69, 9.17) is 16.2 Å². The number of nitrogen functional groups attached to an aromatic ring is 1. The van der Waals surface area contributed by atoms with Crippen molar-refractivity contribution in [2.75, 3.05) is 12.4 Å². The van der Waals surface area contributed by atoms with E-state index in [0.717, 1.165) is 6.07 Å². The molecule has 0 spiro atoms. The van der Waals surface area contributed by atoms with E-state index in [9.17, 15) is 13.2 Å². The Kier molecular flexibility index (Phi) is 2.42. The number of aliphatic imine (C=N–C) groups is 1. The van der Waals surface area contributed by atoms with Crippen LogP contribution in [0.15, 0.2) is 17.1 Å². The molecule has 1 aliphatic carbocycles. The van der Waals surface area contributed by atoms with Crippen LogP contribution in [-0.2, 0) is 10.3 Å². The number of anilines is 1. The maximum absolute atomic E-state index is 14.0. The van der Waals surface area contributed by atoms with E-state index in [0.29, 0.717) is 6.42 Å². The van der Waals surface area contributed by atoms with E-state index in [-0.39, 0.29) is 29.3 Å². The quantitative estimate of drug-likeness (QED) is 0.799. The molecule has 0 amide bonds. The number of hydrogen-bond donors (Lipinski definition) is 2. The first-order chi connectivity index (χ1) is 8.98. The van der Waals surface area contributed by atoms with Gasteiger partial charge in [-0.2, -0.15) is 0 Å². The van der Waals surface area contributed by atoms with Gasteiger partial charge in [-0.1, -0.05) is 0 Å². The van der Waals surface area contributed by atoms with Gasteiger partial charge in [-0.3, -0.25) is 0 Å². The van der Waals surface area contributed by atoms with Crippen LogP contribution in [0.25, 0.3) is 0 Å². The first-order valence-electron chi connectivity index (χ1n) is 5.81. The van der Waals surface area contributed by atoms with Crippen molar-refractivity contribution in [2.24, 2.45) is 16.6 Å². The third-order valence-corrected chi connectivity index (χ3v) is 3.65. The molecule has 1 saturated carbocycles. The van der Waals surface area contributed by atoms with Gasteiger partial charge in [0.25, 0.3) is 6.02 Å². The Hall–Kier alpha value is -1.92. The highest BCUT2D eigenvalue weighted by atomic mass is 19.2. The van der Waals surface area contributed by atoms with Crippen molar-refractivity contribution in [2.45, 2.75) is 18.1 Å². The minimum atomic E-state index is -1.53. The second-order valence-electron chi connectivity index (χ2n) is 4.87. The van der Waals surface area contributed by atoms with Crippen LogP contribution in [0.2, 0.25) is 0 Å². The highest BCUT2D eigenvalue weighted by molar-refractivity contribution is 5.74. The molecule has 0 saturated heterocycles. The summed E-state index contributed by atoms with van der Waals surface area (Å²) in [6, 6.07) is 1.84. The molecular weight excluding hydrogens is 259 g/mol. The number of halogens is 3. The van der Waals surface area contributed by atoms with Crippen molar-refractivity contribution in [3.63, 3.8) is 0 Å². The lowest BCUT2D eigenvalue weighted by Gasteiger charge is -2.31. The largest absolute Gasteiger partial charge is 0.462 e. The molecule has 7 heteroatoms. The van der Waals surface area contributed by atoms with Gasteiger partial charge in [0.1, 0.15) is 18.3 Å². The minimum Gasteiger partial charge on any atom is -0.462 e. The fourth-order valence-electron chi connectivity index (χ4n) is 2.65. The number of fused-ring (bicyclic) bond motifs is 1. The second-order valence-corrected chi connectivity index (χ2v) is 4.87. The molecule has 4 nitrogen and oxygen atoms in total. The SMILES string of the molecule is NC1=N[C@](CF)(c2cc(N)cc(F)c2F)[C@H]2CC2O1. The van der Waals surface area contributed by atoms with Crippen LogP contribution in [0.4, 0.5) is 18.9 Å². The highest BCUT2D eigenvalue weighted by Crippen LogP contribution is 2.53. The lowest BCUT2D eigenvalue weighted by Crippen LogP contribution is -2.40. The number of nitrogens with zero attached hydrogens (tertiary/aromatic N) is 1. The number of benzene rings is 1. The summed E-state index contributed by atoms with van der Waals surface area (Å²) in [5.41, 5.74) is 9.26. The summed E-state index contributed by atoms with van der Waals surface area (Å²) in [6.45, 7) is -0.988. The summed E-state index contributed by atoms with van der Waals surface area (Å²) in [4.78, 5) is 3.90. The van der Waals surface area contributed by atoms with Crippen molar-refractivity contribution < 1.29 is 17.9 Å². The molecule has 1 aromatic carbocycles. The summed E-state index contributed by atoms with van der Waals surface area (Å²) >= 11 is 0. The molecule has 3 rings (SSSR count). The van der Waals surface area contributed by atoms with Gasteiger partial charge in [0.15, 0.2) is 11.6 Å². The molecule has 1 heterocycles. The van der Waals surface area contributed by atoms with Crippen molar-refractivity contribution in [3.05, 3.63) is 29.3 Å². The maximum atomic E-state index is 14.0. The lowest BCUT2D eigenvalue weighted by molar-refractivity contribution is 0.167. The summed E-state index contributed by atoms with van der Waals surface area (Å²) in [7, 11) is 0. The predicted molar refractivity (Wildman–Crippen MR) is 63.0 cm³/mol. The molecule has 19 heavy (non-hydrogen) atoms. The zero-order valence-electron chi connectivity index (χ0n) is 9.87. The van der Waals surface area contributed by atoms with Gasteiger partial charge in [0.2, 0.25) is 0 Å². The average molecular weight is 271 g/mol. The Labute approximate surface area is 107 Å². The number of rotatable bonds is 2. The first-order valence-corrected chi connectivity index (χ1v) is 5.81. The lowest BCUT2D eigenvalue weighted by atomic mass is 9.85. The van der Waals surface area contributed by atoms with E-state index in [1.165, 1.54) is 6.07 Å². The van der Waals surface area contributed by atoms with Gasteiger partial charge in [0.05, 0.1) is 0 Å². The van der Waals surface area contributed by atoms with Crippen LogP contribution in [0.5, 0.6) is 0 Å². The zero-order chi connectivity index (χ0) is 13.8. The number of amidine groups is 1. The summed E-state index contributed by atoms with van der Waals surface area (Å²) in [5.74, 6) is -2.61. The molecular formula is C12H12F3N3O. The van der Waals surface area contributed by atoms with Gasteiger partial charge in [-0.15, -0.1) is 0 Å². The van der Waals surface area contributed by atoms with E-state index in [1.807, 2.05) is 0 Å². The van der Waals surface area contributed by atoms with Crippen LogP contribution in [0.1, 0.15) is 12.0 Å². The molecule has 1 aromatic rings. The molecule has 0 aromatic heterocycles. The van der Waals surface area contributed by atoms with E-state index in [2.05, 4.69) is 4.99 Å². The Morgan fingerprint density at radius 2 is 2.11 bits per heavy atom.